The van der Waals surface area contributed by atoms with Gasteiger partial charge in [-0.1, -0.05) is 6.58 Å². The first kappa shape index (κ1) is 7.40. The summed E-state index contributed by atoms with van der Waals surface area (Å²) in [6, 6.07) is 0. The van der Waals surface area contributed by atoms with E-state index in [4.69, 9.17) is 0 Å². The second-order valence-corrected chi connectivity index (χ2v) is 3.18. The molecule has 1 aliphatic rings. The molecule has 3 heteroatoms. The third-order valence-electron chi connectivity index (χ3n) is 2.41. The number of aromatic nitrogens is 2. The molecule has 3 nitrogen and oxygen atoms in total. The van der Waals surface area contributed by atoms with Crippen LogP contribution in [-0.2, 0) is 13.0 Å². The fourth-order valence-corrected chi connectivity index (χ4v) is 1.61. The van der Waals surface area contributed by atoms with Crippen LogP contribution in [-0.4, -0.2) is 21.6 Å². The number of H-pyrrole nitrogens is 1. The largest absolute Gasteiger partial charge is 0.373 e. The van der Waals surface area contributed by atoms with Gasteiger partial charge in [0.15, 0.2) is 0 Å². The summed E-state index contributed by atoms with van der Waals surface area (Å²) < 4.78 is 0. The number of fused-ring (bicyclic) bond motifs is 1. The summed E-state index contributed by atoms with van der Waals surface area (Å²) in [5.41, 5.74) is 3.77. The second kappa shape index (κ2) is 2.66. The van der Waals surface area contributed by atoms with Crippen molar-refractivity contribution in [1.82, 2.24) is 15.1 Å². The van der Waals surface area contributed by atoms with Crippen LogP contribution in [0.15, 0.2) is 12.8 Å². The van der Waals surface area contributed by atoms with Crippen LogP contribution >= 0.6 is 0 Å². The third kappa shape index (κ3) is 1.02. The molecule has 0 saturated carbocycles. The van der Waals surface area contributed by atoms with E-state index in [0.717, 1.165) is 19.5 Å². The average Bonchev–Trinajstić information content (AvgIpc) is 2.47. The highest BCUT2D eigenvalue weighted by Crippen LogP contribution is 2.19. The highest BCUT2D eigenvalue weighted by atomic mass is 15.2. The predicted octanol–water partition coefficient (Wildman–Crippen LogP) is 1.22. The van der Waals surface area contributed by atoms with Gasteiger partial charge in [0.05, 0.1) is 5.69 Å². The summed E-state index contributed by atoms with van der Waals surface area (Å²) >= 11 is 0. The zero-order valence-corrected chi connectivity index (χ0v) is 7.30. The van der Waals surface area contributed by atoms with Crippen molar-refractivity contribution in [3.05, 3.63) is 29.7 Å². The van der Waals surface area contributed by atoms with Crippen molar-refractivity contribution < 1.29 is 0 Å². The molecule has 2 rings (SSSR count). The molecule has 0 spiro atoms. The minimum atomic E-state index is 0.959. The molecule has 0 aromatic carbocycles. The lowest BCUT2D eigenvalue weighted by Crippen LogP contribution is -2.25. The SMILES string of the molecule is C=CN1CCc2n[nH]c(C)c2C1. The smallest absolute Gasteiger partial charge is 0.0692 e. The summed E-state index contributed by atoms with van der Waals surface area (Å²) in [5.74, 6) is 0. The normalized spacial score (nSPS) is 15.9. The van der Waals surface area contributed by atoms with Gasteiger partial charge in [0, 0.05) is 30.8 Å². The Balaban J connectivity index is 2.31. The molecule has 1 aromatic heterocycles. The summed E-state index contributed by atoms with van der Waals surface area (Å²) in [5, 5.41) is 7.25. The molecule has 0 atom stereocenters. The zero-order valence-electron chi connectivity index (χ0n) is 7.30. The van der Waals surface area contributed by atoms with E-state index in [1.54, 1.807) is 0 Å². The standard InChI is InChI=1S/C9H13N3/c1-3-12-5-4-9-8(6-12)7(2)10-11-9/h3H,1,4-6H2,2H3,(H,10,11). The first-order chi connectivity index (χ1) is 5.81. The maximum Gasteiger partial charge on any atom is 0.0692 e. The van der Waals surface area contributed by atoms with Crippen LogP contribution < -0.4 is 0 Å². The molecule has 0 bridgehead atoms. The molecule has 0 radical (unpaired) electrons. The Morgan fingerprint density at radius 3 is 3.25 bits per heavy atom. The molecule has 12 heavy (non-hydrogen) atoms. The fraction of sp³-hybridized carbons (Fsp3) is 0.444. The number of hydrogen-bond acceptors (Lipinski definition) is 2. The van der Waals surface area contributed by atoms with Crippen LogP contribution in [0.4, 0.5) is 0 Å². The number of aryl methyl sites for hydroxylation is 1. The van der Waals surface area contributed by atoms with Gasteiger partial charge in [-0.25, -0.2) is 0 Å². The van der Waals surface area contributed by atoms with E-state index in [0.29, 0.717) is 0 Å². The van der Waals surface area contributed by atoms with E-state index < -0.39 is 0 Å². The molecule has 0 fully saturated rings. The van der Waals surface area contributed by atoms with Crippen molar-refractivity contribution in [2.75, 3.05) is 6.54 Å². The van der Waals surface area contributed by atoms with E-state index in [1.165, 1.54) is 17.0 Å². The van der Waals surface area contributed by atoms with E-state index in [1.807, 2.05) is 6.20 Å². The van der Waals surface area contributed by atoms with E-state index >= 15 is 0 Å². The monoisotopic (exact) mass is 163 g/mol. The molecule has 1 N–H and O–H groups in total. The van der Waals surface area contributed by atoms with Crippen molar-refractivity contribution >= 4 is 0 Å². The Labute approximate surface area is 72.1 Å². The lowest BCUT2D eigenvalue weighted by Gasteiger charge is -2.24. The molecular formula is C9H13N3. The van der Waals surface area contributed by atoms with Crippen molar-refractivity contribution in [3.63, 3.8) is 0 Å². The second-order valence-electron chi connectivity index (χ2n) is 3.18. The van der Waals surface area contributed by atoms with Gasteiger partial charge in [0.2, 0.25) is 0 Å². The number of nitrogens with zero attached hydrogens (tertiary/aromatic N) is 2. The fourth-order valence-electron chi connectivity index (χ4n) is 1.61. The van der Waals surface area contributed by atoms with Gasteiger partial charge in [0.1, 0.15) is 0 Å². The van der Waals surface area contributed by atoms with Crippen molar-refractivity contribution in [2.24, 2.45) is 0 Å². The maximum absolute atomic E-state index is 4.24. The minimum Gasteiger partial charge on any atom is -0.373 e. The van der Waals surface area contributed by atoms with Crippen molar-refractivity contribution in [2.45, 2.75) is 19.9 Å². The topological polar surface area (TPSA) is 31.9 Å². The van der Waals surface area contributed by atoms with Gasteiger partial charge in [0.25, 0.3) is 0 Å². The highest BCUT2D eigenvalue weighted by molar-refractivity contribution is 5.26. The summed E-state index contributed by atoms with van der Waals surface area (Å²) in [4.78, 5) is 2.21. The Kier molecular flexibility index (Phi) is 1.64. The highest BCUT2D eigenvalue weighted by Gasteiger charge is 2.17. The number of rotatable bonds is 1. The molecule has 0 unspecified atom stereocenters. The summed E-state index contributed by atoms with van der Waals surface area (Å²) in [6.07, 6.45) is 2.93. The average molecular weight is 163 g/mol. The van der Waals surface area contributed by atoms with Crippen LogP contribution in [0, 0.1) is 6.92 Å². The van der Waals surface area contributed by atoms with Crippen LogP contribution in [0.25, 0.3) is 0 Å². The summed E-state index contributed by atoms with van der Waals surface area (Å²) in [7, 11) is 0. The quantitative estimate of drug-likeness (QED) is 0.675. The molecule has 64 valence electrons. The number of nitrogens with one attached hydrogen (secondary N) is 1. The minimum absolute atomic E-state index is 0.959. The van der Waals surface area contributed by atoms with Gasteiger partial charge in [-0.3, -0.25) is 5.10 Å². The van der Waals surface area contributed by atoms with E-state index in [9.17, 15) is 0 Å². The Hall–Kier alpha value is -1.25. The van der Waals surface area contributed by atoms with Gasteiger partial charge in [-0.2, -0.15) is 5.10 Å². The van der Waals surface area contributed by atoms with Crippen LogP contribution in [0.5, 0.6) is 0 Å². The first-order valence-corrected chi connectivity index (χ1v) is 4.20. The molecule has 0 saturated heterocycles. The van der Waals surface area contributed by atoms with E-state index in [2.05, 4.69) is 28.6 Å². The zero-order chi connectivity index (χ0) is 8.55. The van der Waals surface area contributed by atoms with Gasteiger partial charge >= 0.3 is 0 Å². The van der Waals surface area contributed by atoms with Crippen molar-refractivity contribution in [1.29, 1.82) is 0 Å². The van der Waals surface area contributed by atoms with Gasteiger partial charge in [-0.05, 0) is 13.1 Å². The maximum atomic E-state index is 4.24. The molecular weight excluding hydrogens is 150 g/mol. The lowest BCUT2D eigenvalue weighted by molar-refractivity contribution is 0.351. The summed E-state index contributed by atoms with van der Waals surface area (Å²) in [6.45, 7) is 7.84. The lowest BCUT2D eigenvalue weighted by atomic mass is 10.1. The molecule has 1 aromatic rings. The van der Waals surface area contributed by atoms with Gasteiger partial charge < -0.3 is 4.90 Å². The number of aromatic amines is 1. The molecule has 0 amide bonds. The predicted molar refractivity (Wildman–Crippen MR) is 47.6 cm³/mol. The molecule has 2 heterocycles. The number of hydrogen-bond donors (Lipinski definition) is 1. The van der Waals surface area contributed by atoms with Crippen LogP contribution in [0.2, 0.25) is 0 Å². The molecule has 1 aliphatic heterocycles. The van der Waals surface area contributed by atoms with Crippen LogP contribution in [0.3, 0.4) is 0 Å². The first-order valence-electron chi connectivity index (χ1n) is 4.20. The Morgan fingerprint density at radius 1 is 1.67 bits per heavy atom. The van der Waals surface area contributed by atoms with Gasteiger partial charge in [-0.15, -0.1) is 0 Å². The Morgan fingerprint density at radius 2 is 2.50 bits per heavy atom. The third-order valence-corrected chi connectivity index (χ3v) is 2.41. The molecule has 0 aliphatic carbocycles. The van der Waals surface area contributed by atoms with Crippen molar-refractivity contribution in [3.8, 4) is 0 Å². The van der Waals surface area contributed by atoms with Crippen LogP contribution in [0.1, 0.15) is 17.0 Å². The Bertz CT molecular complexity index is 301. The van der Waals surface area contributed by atoms with E-state index in [-0.39, 0.29) is 0 Å².